The first-order valence-corrected chi connectivity index (χ1v) is 9.64. The number of nitrogens with one attached hydrogen (secondary N) is 2. The Balaban J connectivity index is 1.56. The summed E-state index contributed by atoms with van der Waals surface area (Å²) >= 11 is 12.0. The molecule has 0 aliphatic rings. The van der Waals surface area contributed by atoms with Crippen LogP contribution < -0.4 is 20.1 Å². The van der Waals surface area contributed by atoms with Gasteiger partial charge >= 0.3 is 0 Å². The van der Waals surface area contributed by atoms with E-state index in [2.05, 4.69) is 10.6 Å². The van der Waals surface area contributed by atoms with Gasteiger partial charge in [0.25, 0.3) is 11.8 Å². The van der Waals surface area contributed by atoms with E-state index in [9.17, 15) is 9.59 Å². The van der Waals surface area contributed by atoms with E-state index < -0.39 is 5.91 Å². The Kier molecular flexibility index (Phi) is 7.17. The van der Waals surface area contributed by atoms with Gasteiger partial charge in [-0.2, -0.15) is 0 Å². The number of methoxy groups -OCH3 is 1. The molecule has 0 heterocycles. The summed E-state index contributed by atoms with van der Waals surface area (Å²) in [5.74, 6) is 0.323. The summed E-state index contributed by atoms with van der Waals surface area (Å²) < 4.78 is 10.7. The zero-order valence-corrected chi connectivity index (χ0v) is 17.5. The quantitative estimate of drug-likeness (QED) is 0.520. The largest absolute Gasteiger partial charge is 0.495 e. The van der Waals surface area contributed by atoms with E-state index in [0.29, 0.717) is 33.5 Å². The summed E-state index contributed by atoms with van der Waals surface area (Å²) in [7, 11) is 1.54. The van der Waals surface area contributed by atoms with Crippen LogP contribution in [0.1, 0.15) is 10.4 Å². The van der Waals surface area contributed by atoms with Crippen molar-refractivity contribution in [1.82, 2.24) is 0 Å². The van der Waals surface area contributed by atoms with Gasteiger partial charge in [0, 0.05) is 5.56 Å². The average molecular weight is 445 g/mol. The summed E-state index contributed by atoms with van der Waals surface area (Å²) in [4.78, 5) is 24.5. The number of hydrogen-bond acceptors (Lipinski definition) is 4. The van der Waals surface area contributed by atoms with Crippen LogP contribution in [0.4, 0.5) is 11.4 Å². The molecule has 0 fully saturated rings. The van der Waals surface area contributed by atoms with Crippen LogP contribution in [-0.2, 0) is 4.79 Å². The minimum atomic E-state index is -0.392. The highest BCUT2D eigenvalue weighted by atomic mass is 35.5. The summed E-state index contributed by atoms with van der Waals surface area (Å²) in [5.41, 5.74) is 1.41. The minimum Gasteiger partial charge on any atom is -0.495 e. The molecule has 2 amide bonds. The number of carbonyl (C=O) groups excluding carboxylic acids is 2. The molecule has 0 atom stereocenters. The number of hydrogen-bond donors (Lipinski definition) is 2. The molecule has 0 aromatic heterocycles. The molecule has 3 aromatic carbocycles. The Bertz CT molecular complexity index is 1060. The van der Waals surface area contributed by atoms with Gasteiger partial charge in [0.1, 0.15) is 11.5 Å². The van der Waals surface area contributed by atoms with Gasteiger partial charge in [0.2, 0.25) is 0 Å². The summed E-state index contributed by atoms with van der Waals surface area (Å²) in [5, 5.41) is 6.03. The second-order valence-electron chi connectivity index (χ2n) is 6.12. The molecule has 0 radical (unpaired) electrons. The number of para-hydroxylation sites is 2. The van der Waals surface area contributed by atoms with Gasteiger partial charge in [-0.05, 0) is 48.5 Å². The lowest BCUT2D eigenvalue weighted by atomic mass is 10.2. The number of carbonyl (C=O) groups is 2. The van der Waals surface area contributed by atoms with E-state index in [0.717, 1.165) is 0 Å². The molecule has 0 bridgehead atoms. The molecule has 0 aliphatic carbocycles. The highest BCUT2D eigenvalue weighted by Gasteiger charge is 2.11. The smallest absolute Gasteiger partial charge is 0.262 e. The summed E-state index contributed by atoms with van der Waals surface area (Å²) in [6, 6.07) is 18.5. The molecule has 6 nitrogen and oxygen atoms in total. The van der Waals surface area contributed by atoms with Crippen molar-refractivity contribution in [3.05, 3.63) is 82.3 Å². The van der Waals surface area contributed by atoms with Gasteiger partial charge < -0.3 is 20.1 Å². The van der Waals surface area contributed by atoms with Crippen molar-refractivity contribution in [1.29, 1.82) is 0 Å². The average Bonchev–Trinajstić information content (AvgIpc) is 2.76. The van der Waals surface area contributed by atoms with Crippen molar-refractivity contribution in [2.24, 2.45) is 0 Å². The lowest BCUT2D eigenvalue weighted by Gasteiger charge is -2.11. The number of amides is 2. The topological polar surface area (TPSA) is 76.7 Å². The predicted octanol–water partition coefficient (Wildman–Crippen LogP) is 5.27. The fourth-order valence-electron chi connectivity index (χ4n) is 2.58. The van der Waals surface area contributed by atoms with Crippen molar-refractivity contribution in [2.75, 3.05) is 24.4 Å². The van der Waals surface area contributed by atoms with Crippen LogP contribution in [-0.4, -0.2) is 25.5 Å². The monoisotopic (exact) mass is 444 g/mol. The molecule has 30 heavy (non-hydrogen) atoms. The number of benzene rings is 3. The molecule has 0 aliphatic heterocycles. The molecule has 8 heteroatoms. The Hall–Kier alpha value is -3.22. The Morgan fingerprint density at radius 3 is 2.30 bits per heavy atom. The fraction of sp³-hybridized carbons (Fsp3) is 0.0909. The fourth-order valence-corrected chi connectivity index (χ4v) is 2.93. The SMILES string of the molecule is COc1ccccc1NC(=O)c1ccc(OCC(=O)Nc2cccc(Cl)c2Cl)cc1. The number of halogens is 2. The number of ether oxygens (including phenoxy) is 2. The first-order valence-electron chi connectivity index (χ1n) is 8.89. The zero-order valence-electron chi connectivity index (χ0n) is 15.9. The van der Waals surface area contributed by atoms with Gasteiger partial charge in [-0.1, -0.05) is 41.4 Å². The molecule has 0 saturated heterocycles. The summed E-state index contributed by atoms with van der Waals surface area (Å²) in [6.45, 7) is -0.227. The lowest BCUT2D eigenvalue weighted by molar-refractivity contribution is -0.118. The van der Waals surface area contributed by atoms with E-state index in [4.69, 9.17) is 32.7 Å². The van der Waals surface area contributed by atoms with E-state index >= 15 is 0 Å². The Morgan fingerprint density at radius 1 is 0.867 bits per heavy atom. The third-order valence-electron chi connectivity index (χ3n) is 4.07. The van der Waals surface area contributed by atoms with Crippen LogP contribution in [0, 0.1) is 0 Å². The molecule has 0 unspecified atom stereocenters. The molecule has 2 N–H and O–H groups in total. The third-order valence-corrected chi connectivity index (χ3v) is 4.89. The Morgan fingerprint density at radius 2 is 1.57 bits per heavy atom. The van der Waals surface area contributed by atoms with E-state index in [1.54, 1.807) is 60.7 Å². The van der Waals surface area contributed by atoms with Crippen LogP contribution in [0.25, 0.3) is 0 Å². The molecular formula is C22H18Cl2N2O4. The van der Waals surface area contributed by atoms with Gasteiger partial charge in [0.05, 0.1) is 28.5 Å². The standard InChI is InChI=1S/C22H18Cl2N2O4/c1-29-19-8-3-2-6-17(19)26-22(28)14-9-11-15(12-10-14)30-13-20(27)25-18-7-4-5-16(23)21(18)24/h2-12H,13H2,1H3,(H,25,27)(H,26,28). The van der Waals surface area contributed by atoms with Gasteiger partial charge in [0.15, 0.2) is 6.61 Å². The van der Waals surface area contributed by atoms with Crippen LogP contribution >= 0.6 is 23.2 Å². The van der Waals surface area contributed by atoms with Crippen molar-refractivity contribution in [3.8, 4) is 11.5 Å². The molecule has 154 valence electrons. The van der Waals surface area contributed by atoms with Crippen molar-refractivity contribution < 1.29 is 19.1 Å². The van der Waals surface area contributed by atoms with Gasteiger partial charge in [-0.15, -0.1) is 0 Å². The first-order chi connectivity index (χ1) is 14.5. The van der Waals surface area contributed by atoms with Gasteiger partial charge in [-0.25, -0.2) is 0 Å². The first kappa shape index (κ1) is 21.5. The predicted molar refractivity (Wildman–Crippen MR) is 118 cm³/mol. The van der Waals surface area contributed by atoms with Crippen molar-refractivity contribution >= 4 is 46.4 Å². The Labute approximate surface area is 183 Å². The molecular weight excluding hydrogens is 427 g/mol. The van der Waals surface area contributed by atoms with E-state index in [1.807, 2.05) is 6.07 Å². The molecule has 0 spiro atoms. The molecule has 3 rings (SSSR count). The van der Waals surface area contributed by atoms with Gasteiger partial charge in [-0.3, -0.25) is 9.59 Å². The van der Waals surface area contributed by atoms with E-state index in [-0.39, 0.29) is 17.5 Å². The van der Waals surface area contributed by atoms with Crippen LogP contribution in [0.5, 0.6) is 11.5 Å². The lowest BCUT2D eigenvalue weighted by Crippen LogP contribution is -2.20. The van der Waals surface area contributed by atoms with Crippen molar-refractivity contribution in [3.63, 3.8) is 0 Å². The van der Waals surface area contributed by atoms with E-state index in [1.165, 1.54) is 7.11 Å². The van der Waals surface area contributed by atoms with Crippen LogP contribution in [0.15, 0.2) is 66.7 Å². The number of anilines is 2. The second-order valence-corrected chi connectivity index (χ2v) is 6.90. The second kappa shape index (κ2) is 10.0. The molecule has 0 saturated carbocycles. The highest BCUT2D eigenvalue weighted by Crippen LogP contribution is 2.29. The third kappa shape index (κ3) is 5.43. The normalized spacial score (nSPS) is 10.2. The van der Waals surface area contributed by atoms with Crippen molar-refractivity contribution in [2.45, 2.75) is 0 Å². The maximum absolute atomic E-state index is 12.4. The number of rotatable bonds is 7. The highest BCUT2D eigenvalue weighted by molar-refractivity contribution is 6.44. The maximum atomic E-state index is 12.4. The van der Waals surface area contributed by atoms with Crippen LogP contribution in [0.2, 0.25) is 10.0 Å². The maximum Gasteiger partial charge on any atom is 0.262 e. The summed E-state index contributed by atoms with van der Waals surface area (Å²) in [6.07, 6.45) is 0. The zero-order chi connectivity index (χ0) is 21.5. The van der Waals surface area contributed by atoms with Crippen LogP contribution in [0.3, 0.4) is 0 Å². The molecule has 3 aromatic rings. The minimum absolute atomic E-state index is 0.227.